The third-order valence-corrected chi connectivity index (χ3v) is 16.3. The number of hydrogen-bond donors (Lipinski definition) is 0. The summed E-state index contributed by atoms with van der Waals surface area (Å²) in [7, 11) is 0. The summed E-state index contributed by atoms with van der Waals surface area (Å²) in [5.41, 5.74) is 11.4. The lowest BCUT2D eigenvalue weighted by molar-refractivity contribution is 1.18. The van der Waals surface area contributed by atoms with E-state index in [1.54, 1.807) is 0 Å². The molecular weight excluding hydrogens is 943 g/mol. The maximum atomic E-state index is 5.52. The SMILES string of the molecule is c1ccc(-c2nc(-c3ccc(-c4cncc5ccccc45)cc3)cc(-c3cc(-c4cc5c6ccccc6c6ccccc6c5c5ccccc45)cc(-c4cc5c6ccccc6c6ccccc6c5c5ccccc45)c3)n2)cc1. The van der Waals surface area contributed by atoms with E-state index in [9.17, 15) is 0 Å². The second-order valence-electron chi connectivity index (χ2n) is 20.6. The zero-order valence-corrected chi connectivity index (χ0v) is 42.3. The molecule has 0 aliphatic carbocycles. The van der Waals surface area contributed by atoms with E-state index in [0.717, 1.165) is 55.7 Å². The molecule has 0 radical (unpaired) electrons. The zero-order valence-electron chi connectivity index (χ0n) is 42.3. The van der Waals surface area contributed by atoms with Gasteiger partial charge in [-0.3, -0.25) is 4.98 Å². The van der Waals surface area contributed by atoms with Crippen LogP contribution in [0.5, 0.6) is 0 Å². The Morgan fingerprint density at radius 3 is 1.09 bits per heavy atom. The molecule has 0 atom stereocenters. The first kappa shape index (κ1) is 44.0. The van der Waals surface area contributed by atoms with Crippen LogP contribution in [0.3, 0.4) is 0 Å². The van der Waals surface area contributed by atoms with Crippen molar-refractivity contribution >= 4 is 97.0 Å². The van der Waals surface area contributed by atoms with E-state index in [1.807, 2.05) is 18.5 Å². The average Bonchev–Trinajstić information content (AvgIpc) is 3.59. The van der Waals surface area contributed by atoms with Gasteiger partial charge in [-0.15, -0.1) is 0 Å². The molecule has 78 heavy (non-hydrogen) atoms. The standard InChI is InChI=1S/C75H45N3/c1-2-18-48(19-3-1)75-77-71(47-36-34-46(35-37-47)70-45-76-44-49-20-4-5-21-53(49)70)43-72(78-75)52-39-50(66-41-68-58-26-8-6-22-54(58)56-24-10-14-30-62(56)73(68)64-32-16-12-28-60(64)66)38-51(40-52)67-42-69-59-27-9-7-23-55(59)57-25-11-15-31-63(57)74(69)65-33-17-13-29-61(65)67/h1-45H. The normalized spacial score (nSPS) is 11.8. The summed E-state index contributed by atoms with van der Waals surface area (Å²) in [5.74, 6) is 0.668. The summed E-state index contributed by atoms with van der Waals surface area (Å²) < 4.78 is 0. The van der Waals surface area contributed by atoms with Crippen molar-refractivity contribution in [1.29, 1.82) is 0 Å². The van der Waals surface area contributed by atoms with Crippen LogP contribution in [-0.2, 0) is 0 Å². The fourth-order valence-corrected chi connectivity index (χ4v) is 12.7. The molecule has 3 nitrogen and oxygen atoms in total. The minimum Gasteiger partial charge on any atom is -0.263 e. The van der Waals surface area contributed by atoms with Crippen LogP contribution in [-0.4, -0.2) is 15.0 Å². The van der Waals surface area contributed by atoms with Crippen LogP contribution >= 0.6 is 0 Å². The molecule has 360 valence electrons. The molecule has 0 bridgehead atoms. The van der Waals surface area contributed by atoms with Gasteiger partial charge in [0.1, 0.15) is 0 Å². The van der Waals surface area contributed by atoms with Crippen molar-refractivity contribution in [3.8, 4) is 67.3 Å². The van der Waals surface area contributed by atoms with Gasteiger partial charge in [-0.1, -0.05) is 224 Å². The van der Waals surface area contributed by atoms with Crippen molar-refractivity contribution < 1.29 is 0 Å². The molecule has 16 aromatic rings. The lowest BCUT2D eigenvalue weighted by Crippen LogP contribution is -1.97. The highest BCUT2D eigenvalue weighted by atomic mass is 14.9. The fourth-order valence-electron chi connectivity index (χ4n) is 12.7. The third-order valence-electron chi connectivity index (χ3n) is 16.3. The molecule has 0 aliphatic heterocycles. The Hall–Kier alpha value is -10.4. The molecule has 3 heteroatoms. The van der Waals surface area contributed by atoms with Gasteiger partial charge in [-0.2, -0.15) is 0 Å². The minimum absolute atomic E-state index is 0.668. The Labute approximate surface area is 450 Å². The van der Waals surface area contributed by atoms with Crippen LogP contribution in [0.2, 0.25) is 0 Å². The molecule has 0 saturated heterocycles. The molecule has 0 N–H and O–H groups in total. The Balaban J connectivity index is 0.990. The zero-order chi connectivity index (χ0) is 51.3. The summed E-state index contributed by atoms with van der Waals surface area (Å²) >= 11 is 0. The van der Waals surface area contributed by atoms with Crippen LogP contribution in [0, 0.1) is 0 Å². The number of rotatable bonds is 6. The first-order valence-electron chi connectivity index (χ1n) is 26.7. The van der Waals surface area contributed by atoms with Gasteiger partial charge in [0, 0.05) is 40.0 Å². The number of benzene rings is 14. The predicted molar refractivity (Wildman–Crippen MR) is 330 cm³/mol. The highest BCUT2D eigenvalue weighted by molar-refractivity contribution is 6.34. The Kier molecular flexibility index (Phi) is 9.94. The topological polar surface area (TPSA) is 38.7 Å². The molecule has 0 fully saturated rings. The molecule has 2 aromatic heterocycles. The maximum absolute atomic E-state index is 5.52. The maximum Gasteiger partial charge on any atom is 0.160 e. The van der Waals surface area contributed by atoms with Crippen LogP contribution in [0.25, 0.3) is 164 Å². The first-order chi connectivity index (χ1) is 38.7. The van der Waals surface area contributed by atoms with Gasteiger partial charge in [0.2, 0.25) is 0 Å². The molecule has 16 rings (SSSR count). The van der Waals surface area contributed by atoms with Crippen molar-refractivity contribution in [2.45, 2.75) is 0 Å². The smallest absolute Gasteiger partial charge is 0.160 e. The van der Waals surface area contributed by atoms with Crippen LogP contribution < -0.4 is 0 Å². The summed E-state index contributed by atoms with van der Waals surface area (Å²) in [6.45, 7) is 0. The number of aromatic nitrogens is 3. The highest BCUT2D eigenvalue weighted by Crippen LogP contribution is 2.47. The number of hydrogen-bond acceptors (Lipinski definition) is 3. The van der Waals surface area contributed by atoms with Gasteiger partial charge in [0.15, 0.2) is 5.82 Å². The lowest BCUT2D eigenvalue weighted by Gasteiger charge is -2.19. The quantitative estimate of drug-likeness (QED) is 0.156. The summed E-state index contributed by atoms with van der Waals surface area (Å²) in [4.78, 5) is 15.5. The Morgan fingerprint density at radius 2 is 0.577 bits per heavy atom. The fraction of sp³-hybridized carbons (Fsp3) is 0. The van der Waals surface area contributed by atoms with Crippen molar-refractivity contribution in [3.63, 3.8) is 0 Å². The van der Waals surface area contributed by atoms with E-state index < -0.39 is 0 Å². The van der Waals surface area contributed by atoms with E-state index in [2.05, 4.69) is 260 Å². The number of nitrogens with zero attached hydrogens (tertiary/aromatic N) is 3. The van der Waals surface area contributed by atoms with E-state index in [1.165, 1.54) is 103 Å². The highest BCUT2D eigenvalue weighted by Gasteiger charge is 2.21. The lowest BCUT2D eigenvalue weighted by atomic mass is 9.85. The molecule has 0 spiro atoms. The van der Waals surface area contributed by atoms with E-state index in [-0.39, 0.29) is 0 Å². The largest absolute Gasteiger partial charge is 0.263 e. The molecular formula is C75H45N3. The second-order valence-corrected chi connectivity index (χ2v) is 20.6. The third kappa shape index (κ3) is 6.95. The molecule has 2 heterocycles. The summed E-state index contributed by atoms with van der Waals surface area (Å²) in [5, 5.41) is 22.2. The monoisotopic (exact) mass is 987 g/mol. The van der Waals surface area contributed by atoms with Crippen molar-refractivity contribution in [3.05, 3.63) is 273 Å². The Morgan fingerprint density at radius 1 is 0.205 bits per heavy atom. The van der Waals surface area contributed by atoms with Gasteiger partial charge in [0.05, 0.1) is 11.4 Å². The summed E-state index contributed by atoms with van der Waals surface area (Å²) in [6.07, 6.45) is 3.89. The molecule has 0 saturated carbocycles. The van der Waals surface area contributed by atoms with Gasteiger partial charge in [-0.05, 0) is 156 Å². The van der Waals surface area contributed by atoms with Crippen LogP contribution in [0.15, 0.2) is 273 Å². The first-order valence-corrected chi connectivity index (χ1v) is 26.7. The van der Waals surface area contributed by atoms with Gasteiger partial charge < -0.3 is 0 Å². The van der Waals surface area contributed by atoms with Crippen molar-refractivity contribution in [2.75, 3.05) is 0 Å². The Bertz CT molecular complexity index is 4920. The van der Waals surface area contributed by atoms with E-state index >= 15 is 0 Å². The minimum atomic E-state index is 0.668. The molecule has 0 unspecified atom stereocenters. The number of fused-ring (bicyclic) bond motifs is 17. The van der Waals surface area contributed by atoms with Crippen molar-refractivity contribution in [2.24, 2.45) is 0 Å². The van der Waals surface area contributed by atoms with Crippen LogP contribution in [0.4, 0.5) is 0 Å². The van der Waals surface area contributed by atoms with Crippen LogP contribution in [0.1, 0.15) is 0 Å². The van der Waals surface area contributed by atoms with E-state index in [4.69, 9.17) is 9.97 Å². The predicted octanol–water partition coefficient (Wildman–Crippen LogP) is 20.3. The van der Waals surface area contributed by atoms with Gasteiger partial charge in [0.25, 0.3) is 0 Å². The van der Waals surface area contributed by atoms with Crippen molar-refractivity contribution in [1.82, 2.24) is 15.0 Å². The van der Waals surface area contributed by atoms with Gasteiger partial charge in [-0.25, -0.2) is 9.97 Å². The molecule has 14 aromatic carbocycles. The molecule has 0 aliphatic rings. The summed E-state index contributed by atoms with van der Waals surface area (Å²) in [6, 6.07) is 95.4. The van der Waals surface area contributed by atoms with E-state index in [0.29, 0.717) is 5.82 Å². The molecule has 0 amide bonds. The number of pyridine rings is 1. The van der Waals surface area contributed by atoms with Gasteiger partial charge >= 0.3 is 0 Å². The second kappa shape index (κ2) is 17.6. The average molecular weight is 988 g/mol.